The molecule has 7 heteroatoms. The maximum Gasteiger partial charge on any atom is 0.419 e. The highest BCUT2D eigenvalue weighted by atomic mass is 16.6. The van der Waals surface area contributed by atoms with Crippen LogP contribution in [0.15, 0.2) is 36.7 Å². The number of aryl methyl sites for hydroxylation is 1. The second-order valence-electron chi connectivity index (χ2n) is 3.82. The Morgan fingerprint density at radius 1 is 1.42 bits per heavy atom. The highest BCUT2D eigenvalue weighted by Gasteiger charge is 2.09. The van der Waals surface area contributed by atoms with E-state index in [2.05, 4.69) is 4.98 Å². The molecule has 0 spiro atoms. The van der Waals surface area contributed by atoms with Crippen molar-refractivity contribution >= 4 is 11.8 Å². The van der Waals surface area contributed by atoms with Crippen LogP contribution in [0, 0.1) is 17.0 Å². The molecule has 0 bridgehead atoms. The Morgan fingerprint density at radius 3 is 2.63 bits per heavy atom. The third-order valence-electron chi connectivity index (χ3n) is 2.53. The van der Waals surface area contributed by atoms with Crippen molar-refractivity contribution in [2.45, 2.75) is 13.5 Å². The number of nitro groups is 1. The Hall–Kier alpha value is -2.70. The second-order valence-corrected chi connectivity index (χ2v) is 3.82. The minimum Gasteiger partial charge on any atom is -0.444 e. The van der Waals surface area contributed by atoms with Gasteiger partial charge in [-0.05, 0) is 24.6 Å². The molecule has 2 aromatic rings. The van der Waals surface area contributed by atoms with Crippen LogP contribution in [0.4, 0.5) is 10.5 Å². The summed E-state index contributed by atoms with van der Waals surface area (Å²) in [6.45, 7) is 1.74. The van der Waals surface area contributed by atoms with Crippen LogP contribution in [-0.4, -0.2) is 20.6 Å². The van der Waals surface area contributed by atoms with E-state index < -0.39 is 11.0 Å². The largest absolute Gasteiger partial charge is 0.444 e. The van der Waals surface area contributed by atoms with Crippen molar-refractivity contribution in [3.63, 3.8) is 0 Å². The maximum absolute atomic E-state index is 11.7. The molecule has 1 heterocycles. The monoisotopic (exact) mass is 261 g/mol. The van der Waals surface area contributed by atoms with Crippen molar-refractivity contribution in [1.82, 2.24) is 9.55 Å². The first kappa shape index (κ1) is 12.7. The number of rotatable bonds is 3. The molecule has 0 atom stereocenters. The van der Waals surface area contributed by atoms with Gasteiger partial charge in [-0.15, -0.1) is 0 Å². The smallest absolute Gasteiger partial charge is 0.419 e. The molecule has 0 saturated heterocycles. The zero-order valence-corrected chi connectivity index (χ0v) is 10.1. The lowest BCUT2D eigenvalue weighted by Gasteiger charge is -2.06. The summed E-state index contributed by atoms with van der Waals surface area (Å²) in [6.07, 6.45) is 2.48. The number of imidazole rings is 1. The van der Waals surface area contributed by atoms with Gasteiger partial charge in [0.25, 0.3) is 5.69 Å². The van der Waals surface area contributed by atoms with E-state index in [0.717, 1.165) is 0 Å². The van der Waals surface area contributed by atoms with Gasteiger partial charge in [-0.2, -0.15) is 0 Å². The Morgan fingerprint density at radius 2 is 2.11 bits per heavy atom. The molecule has 0 fully saturated rings. The summed E-state index contributed by atoms with van der Waals surface area (Å²) in [4.78, 5) is 25.6. The van der Waals surface area contributed by atoms with Crippen molar-refractivity contribution < 1.29 is 14.5 Å². The van der Waals surface area contributed by atoms with Crippen molar-refractivity contribution in [1.29, 1.82) is 0 Å². The van der Waals surface area contributed by atoms with Gasteiger partial charge in [0, 0.05) is 24.5 Å². The third kappa shape index (κ3) is 2.95. The normalized spacial score (nSPS) is 10.2. The van der Waals surface area contributed by atoms with E-state index in [9.17, 15) is 14.9 Å². The molecule has 0 aliphatic rings. The summed E-state index contributed by atoms with van der Waals surface area (Å²) in [7, 11) is 0. The van der Waals surface area contributed by atoms with E-state index in [1.54, 1.807) is 19.1 Å². The van der Waals surface area contributed by atoms with Crippen molar-refractivity contribution in [2.24, 2.45) is 0 Å². The van der Waals surface area contributed by atoms with E-state index in [-0.39, 0.29) is 12.3 Å². The van der Waals surface area contributed by atoms with Crippen LogP contribution in [0.1, 0.15) is 11.4 Å². The van der Waals surface area contributed by atoms with Crippen LogP contribution in [0.25, 0.3) is 0 Å². The number of carbonyl (C=O) groups is 1. The van der Waals surface area contributed by atoms with Crippen LogP contribution in [-0.2, 0) is 11.3 Å². The van der Waals surface area contributed by atoms with Gasteiger partial charge in [0.1, 0.15) is 12.4 Å². The van der Waals surface area contributed by atoms with Gasteiger partial charge in [0.2, 0.25) is 0 Å². The molecule has 0 radical (unpaired) electrons. The highest BCUT2D eigenvalue weighted by Crippen LogP contribution is 2.12. The fourth-order valence-electron chi connectivity index (χ4n) is 1.50. The fraction of sp³-hybridized carbons (Fsp3) is 0.167. The lowest BCUT2D eigenvalue weighted by atomic mass is 10.2. The van der Waals surface area contributed by atoms with Gasteiger partial charge in [-0.25, -0.2) is 14.3 Å². The van der Waals surface area contributed by atoms with Gasteiger partial charge in [0.05, 0.1) is 4.92 Å². The first-order chi connectivity index (χ1) is 9.08. The summed E-state index contributed by atoms with van der Waals surface area (Å²) < 4.78 is 6.35. The Bertz CT molecular complexity index is 604. The average molecular weight is 261 g/mol. The topological polar surface area (TPSA) is 87.3 Å². The molecule has 0 N–H and O–H groups in total. The average Bonchev–Trinajstić information content (AvgIpc) is 2.83. The number of aromatic nitrogens is 2. The number of non-ortho nitro benzene ring substituents is 1. The SMILES string of the molecule is Cc1nccn1C(=O)OCc1ccc([N+](=O)[O-])cc1. The lowest BCUT2D eigenvalue weighted by molar-refractivity contribution is -0.384. The third-order valence-corrected chi connectivity index (χ3v) is 2.53. The summed E-state index contributed by atoms with van der Waals surface area (Å²) in [5.41, 5.74) is 0.678. The quantitative estimate of drug-likeness (QED) is 0.624. The number of benzene rings is 1. The Kier molecular flexibility index (Phi) is 3.56. The minimum atomic E-state index is -0.534. The predicted molar refractivity (Wildman–Crippen MR) is 65.6 cm³/mol. The standard InChI is InChI=1S/C12H11N3O4/c1-9-13-6-7-14(9)12(16)19-8-10-2-4-11(5-3-10)15(17)18/h2-7H,8H2,1H3. The molecule has 0 saturated carbocycles. The van der Waals surface area contributed by atoms with Crippen molar-refractivity contribution in [3.05, 3.63) is 58.2 Å². The van der Waals surface area contributed by atoms with E-state index >= 15 is 0 Å². The predicted octanol–water partition coefficient (Wildman–Crippen LogP) is 2.28. The second kappa shape index (κ2) is 5.30. The van der Waals surface area contributed by atoms with Crippen LogP contribution in [0.5, 0.6) is 0 Å². The molecule has 2 rings (SSSR count). The molecular formula is C12H11N3O4. The van der Waals surface area contributed by atoms with Crippen LogP contribution < -0.4 is 0 Å². The summed E-state index contributed by atoms with van der Waals surface area (Å²) in [5.74, 6) is 0.536. The van der Waals surface area contributed by atoms with Gasteiger partial charge >= 0.3 is 6.09 Å². The number of hydrogen-bond donors (Lipinski definition) is 0. The number of nitrogens with zero attached hydrogens (tertiary/aromatic N) is 3. The fourth-order valence-corrected chi connectivity index (χ4v) is 1.50. The zero-order chi connectivity index (χ0) is 13.8. The molecule has 0 aliphatic heterocycles. The van der Waals surface area contributed by atoms with Crippen LogP contribution in [0.3, 0.4) is 0 Å². The minimum absolute atomic E-state index is 0.000491. The molecule has 7 nitrogen and oxygen atoms in total. The van der Waals surface area contributed by atoms with Gasteiger partial charge in [0.15, 0.2) is 0 Å². The summed E-state index contributed by atoms with van der Waals surface area (Å²) in [5, 5.41) is 10.5. The van der Waals surface area contributed by atoms with E-state index in [1.165, 1.54) is 29.1 Å². The molecule has 1 aromatic heterocycles. The van der Waals surface area contributed by atoms with E-state index in [0.29, 0.717) is 11.4 Å². The number of nitro benzene ring substituents is 1. The molecular weight excluding hydrogens is 250 g/mol. The Labute approximate surface area is 108 Å². The van der Waals surface area contributed by atoms with Crippen molar-refractivity contribution in [2.75, 3.05) is 0 Å². The molecule has 1 aromatic carbocycles. The molecule has 0 amide bonds. The van der Waals surface area contributed by atoms with Crippen LogP contribution >= 0.6 is 0 Å². The van der Waals surface area contributed by atoms with Gasteiger partial charge < -0.3 is 4.74 Å². The number of carbonyl (C=O) groups excluding carboxylic acids is 1. The maximum atomic E-state index is 11.7. The number of ether oxygens (including phenoxy) is 1. The summed E-state index contributed by atoms with van der Waals surface area (Å²) >= 11 is 0. The van der Waals surface area contributed by atoms with E-state index in [1.807, 2.05) is 0 Å². The van der Waals surface area contributed by atoms with Gasteiger partial charge in [-0.3, -0.25) is 10.1 Å². The first-order valence-electron chi connectivity index (χ1n) is 5.48. The van der Waals surface area contributed by atoms with Gasteiger partial charge in [-0.1, -0.05) is 0 Å². The number of hydrogen-bond acceptors (Lipinski definition) is 5. The Balaban J connectivity index is 1.97. The first-order valence-corrected chi connectivity index (χ1v) is 5.48. The van der Waals surface area contributed by atoms with E-state index in [4.69, 9.17) is 4.74 Å². The lowest BCUT2D eigenvalue weighted by Crippen LogP contribution is -2.14. The summed E-state index contributed by atoms with van der Waals surface area (Å²) in [6, 6.07) is 5.83. The zero-order valence-electron chi connectivity index (χ0n) is 10.1. The molecule has 0 unspecified atom stereocenters. The molecule has 19 heavy (non-hydrogen) atoms. The molecule has 0 aliphatic carbocycles. The van der Waals surface area contributed by atoms with Crippen molar-refractivity contribution in [3.8, 4) is 0 Å². The molecule has 98 valence electrons. The highest BCUT2D eigenvalue weighted by molar-refractivity contribution is 5.70. The van der Waals surface area contributed by atoms with Crippen LogP contribution in [0.2, 0.25) is 0 Å².